The zero-order valence-electron chi connectivity index (χ0n) is 10.2. The summed E-state index contributed by atoms with van der Waals surface area (Å²) < 4.78 is 6.36. The minimum absolute atomic E-state index is 0.221. The van der Waals surface area contributed by atoms with Crippen molar-refractivity contribution >= 4 is 11.7 Å². The first-order valence-corrected chi connectivity index (χ1v) is 5.73. The second kappa shape index (κ2) is 4.52. The Morgan fingerprint density at radius 3 is 3.21 bits per heavy atom. The van der Waals surface area contributed by atoms with Crippen molar-refractivity contribution in [3.63, 3.8) is 0 Å². The van der Waals surface area contributed by atoms with Crippen LogP contribution in [0, 0.1) is 6.92 Å². The summed E-state index contributed by atoms with van der Waals surface area (Å²) in [5.74, 6) is 0.285. The predicted octanol–water partition coefficient (Wildman–Crippen LogP) is 0.956. The van der Waals surface area contributed by atoms with Crippen molar-refractivity contribution in [2.24, 2.45) is 0 Å². The van der Waals surface area contributed by atoms with Crippen LogP contribution < -0.4 is 5.32 Å². The summed E-state index contributed by atoms with van der Waals surface area (Å²) in [5.41, 5.74) is 1.78. The van der Waals surface area contributed by atoms with Crippen LogP contribution in [0.3, 0.4) is 0 Å². The smallest absolute Gasteiger partial charge is 0.270 e. The largest absolute Gasteiger partial charge is 0.364 e. The van der Waals surface area contributed by atoms with Crippen LogP contribution in [0.4, 0.5) is 0 Å². The number of hydrogen-bond acceptors (Lipinski definition) is 5. The number of carbonyl (C=O) groups excluding carboxylic acids is 1. The van der Waals surface area contributed by atoms with E-state index in [1.807, 2.05) is 0 Å². The molecule has 7 heteroatoms. The van der Waals surface area contributed by atoms with Crippen LogP contribution in [0.2, 0.25) is 0 Å². The third-order valence-electron chi connectivity index (χ3n) is 2.71. The molecule has 3 aromatic rings. The van der Waals surface area contributed by atoms with Gasteiger partial charge in [-0.3, -0.25) is 9.20 Å². The van der Waals surface area contributed by atoms with E-state index in [0.29, 0.717) is 29.4 Å². The van der Waals surface area contributed by atoms with E-state index in [1.165, 1.54) is 6.26 Å². The van der Waals surface area contributed by atoms with E-state index < -0.39 is 0 Å². The zero-order valence-corrected chi connectivity index (χ0v) is 10.2. The molecule has 3 aromatic heterocycles. The molecule has 0 aliphatic heterocycles. The van der Waals surface area contributed by atoms with E-state index in [4.69, 9.17) is 4.52 Å². The van der Waals surface area contributed by atoms with Gasteiger partial charge in [-0.15, -0.1) is 0 Å². The number of rotatable bonds is 3. The first-order valence-electron chi connectivity index (χ1n) is 5.73. The highest BCUT2D eigenvalue weighted by molar-refractivity contribution is 5.94. The van der Waals surface area contributed by atoms with Crippen molar-refractivity contribution in [1.82, 2.24) is 24.8 Å². The Kier molecular flexibility index (Phi) is 2.71. The van der Waals surface area contributed by atoms with Crippen molar-refractivity contribution in [3.8, 4) is 0 Å². The molecule has 0 saturated carbocycles. The molecule has 0 spiro atoms. The molecule has 19 heavy (non-hydrogen) atoms. The van der Waals surface area contributed by atoms with Gasteiger partial charge < -0.3 is 9.84 Å². The minimum Gasteiger partial charge on any atom is -0.364 e. The molecule has 0 radical (unpaired) electrons. The summed E-state index contributed by atoms with van der Waals surface area (Å²) >= 11 is 0. The van der Waals surface area contributed by atoms with Crippen LogP contribution in [-0.2, 0) is 6.54 Å². The normalized spacial score (nSPS) is 10.8. The fourth-order valence-electron chi connectivity index (χ4n) is 1.85. The van der Waals surface area contributed by atoms with Gasteiger partial charge >= 0.3 is 0 Å². The van der Waals surface area contributed by atoms with Crippen LogP contribution in [0.5, 0.6) is 0 Å². The molecule has 1 N–H and O–H groups in total. The lowest BCUT2D eigenvalue weighted by Crippen LogP contribution is -2.25. The van der Waals surface area contributed by atoms with Gasteiger partial charge in [0.25, 0.3) is 5.91 Å². The highest BCUT2D eigenvalue weighted by atomic mass is 16.5. The molecule has 0 aliphatic rings. The maximum absolute atomic E-state index is 12.2. The molecule has 0 bridgehead atoms. The van der Waals surface area contributed by atoms with E-state index in [1.54, 1.807) is 35.9 Å². The molecule has 0 fully saturated rings. The van der Waals surface area contributed by atoms with E-state index in [0.717, 1.165) is 0 Å². The number of amides is 1. The number of carbonyl (C=O) groups is 1. The van der Waals surface area contributed by atoms with Crippen LogP contribution in [-0.4, -0.2) is 25.4 Å². The Hall–Kier alpha value is -2.70. The standard InChI is InChI=1S/C12H11N5O2/c1-8-10(17-5-2-4-13-12(17)15-8)11(18)14-7-9-3-6-19-16-9/h2-6H,7H2,1H3,(H,14,18). The molecule has 7 nitrogen and oxygen atoms in total. The molecule has 0 aromatic carbocycles. The molecule has 0 saturated heterocycles. The fraction of sp³-hybridized carbons (Fsp3) is 0.167. The van der Waals surface area contributed by atoms with Crippen molar-refractivity contribution in [2.75, 3.05) is 0 Å². The number of nitrogens with one attached hydrogen (secondary N) is 1. The number of hydrogen-bond donors (Lipinski definition) is 1. The van der Waals surface area contributed by atoms with Crippen molar-refractivity contribution in [2.45, 2.75) is 13.5 Å². The monoisotopic (exact) mass is 257 g/mol. The number of aryl methyl sites for hydroxylation is 1. The van der Waals surface area contributed by atoms with Gasteiger partial charge in [0.2, 0.25) is 5.78 Å². The first kappa shape index (κ1) is 11.4. The summed E-state index contributed by atoms with van der Waals surface area (Å²) in [7, 11) is 0. The van der Waals surface area contributed by atoms with E-state index in [-0.39, 0.29) is 5.91 Å². The average molecular weight is 257 g/mol. The second-order valence-corrected chi connectivity index (χ2v) is 4.01. The van der Waals surface area contributed by atoms with Gasteiger partial charge in [0.05, 0.1) is 12.2 Å². The fourth-order valence-corrected chi connectivity index (χ4v) is 1.85. The van der Waals surface area contributed by atoms with Crippen molar-refractivity contribution in [3.05, 3.63) is 47.9 Å². The van der Waals surface area contributed by atoms with Gasteiger partial charge in [0.15, 0.2) is 0 Å². The van der Waals surface area contributed by atoms with Gasteiger partial charge in [-0.25, -0.2) is 9.97 Å². The first-order chi connectivity index (χ1) is 9.25. The number of imidazole rings is 1. The van der Waals surface area contributed by atoms with Gasteiger partial charge in [-0.2, -0.15) is 0 Å². The van der Waals surface area contributed by atoms with Crippen LogP contribution in [0.1, 0.15) is 21.9 Å². The molecular weight excluding hydrogens is 246 g/mol. The Morgan fingerprint density at radius 1 is 1.53 bits per heavy atom. The summed E-state index contributed by atoms with van der Waals surface area (Å²) in [6.45, 7) is 2.09. The maximum atomic E-state index is 12.2. The zero-order chi connectivity index (χ0) is 13.2. The molecular formula is C12H11N5O2. The Bertz CT molecular complexity index is 717. The summed E-state index contributed by atoms with van der Waals surface area (Å²) in [4.78, 5) is 20.5. The van der Waals surface area contributed by atoms with Gasteiger partial charge in [0, 0.05) is 18.5 Å². The molecule has 1 amide bonds. The topological polar surface area (TPSA) is 85.3 Å². The lowest BCUT2D eigenvalue weighted by molar-refractivity contribution is 0.0943. The molecule has 0 aliphatic carbocycles. The molecule has 3 heterocycles. The number of aromatic nitrogens is 4. The molecule has 3 rings (SSSR count). The van der Waals surface area contributed by atoms with Crippen LogP contribution in [0.15, 0.2) is 35.3 Å². The van der Waals surface area contributed by atoms with Crippen LogP contribution >= 0.6 is 0 Å². The van der Waals surface area contributed by atoms with Gasteiger partial charge in [0.1, 0.15) is 17.7 Å². The van der Waals surface area contributed by atoms with Crippen molar-refractivity contribution < 1.29 is 9.32 Å². The predicted molar refractivity (Wildman–Crippen MR) is 65.4 cm³/mol. The minimum atomic E-state index is -0.221. The van der Waals surface area contributed by atoms with Crippen molar-refractivity contribution in [1.29, 1.82) is 0 Å². The molecule has 0 unspecified atom stereocenters. The third-order valence-corrected chi connectivity index (χ3v) is 2.71. The Balaban J connectivity index is 1.87. The van der Waals surface area contributed by atoms with Gasteiger partial charge in [-0.1, -0.05) is 5.16 Å². The maximum Gasteiger partial charge on any atom is 0.270 e. The highest BCUT2D eigenvalue weighted by Gasteiger charge is 2.16. The summed E-state index contributed by atoms with van der Waals surface area (Å²) in [6.07, 6.45) is 4.86. The van der Waals surface area contributed by atoms with Gasteiger partial charge in [-0.05, 0) is 13.0 Å². The summed E-state index contributed by atoms with van der Waals surface area (Å²) in [5, 5.41) is 6.50. The van der Waals surface area contributed by atoms with E-state index >= 15 is 0 Å². The third kappa shape index (κ3) is 2.05. The second-order valence-electron chi connectivity index (χ2n) is 4.01. The average Bonchev–Trinajstić information content (AvgIpc) is 3.02. The summed E-state index contributed by atoms with van der Waals surface area (Å²) in [6, 6.07) is 3.45. The number of fused-ring (bicyclic) bond motifs is 1. The SMILES string of the molecule is Cc1nc2ncccn2c1C(=O)NCc1ccon1. The number of nitrogens with zero attached hydrogens (tertiary/aromatic N) is 4. The molecule has 96 valence electrons. The quantitative estimate of drug-likeness (QED) is 0.755. The lowest BCUT2D eigenvalue weighted by Gasteiger charge is -2.03. The lowest BCUT2D eigenvalue weighted by atomic mass is 10.3. The molecule has 0 atom stereocenters. The van der Waals surface area contributed by atoms with Crippen LogP contribution in [0.25, 0.3) is 5.78 Å². The highest BCUT2D eigenvalue weighted by Crippen LogP contribution is 2.09. The van der Waals surface area contributed by atoms with E-state index in [9.17, 15) is 4.79 Å². The Labute approximate surface area is 108 Å². The van der Waals surface area contributed by atoms with E-state index in [2.05, 4.69) is 20.4 Å². The Morgan fingerprint density at radius 2 is 2.42 bits per heavy atom.